The molecule has 0 atom stereocenters. The molecule has 0 aromatic heterocycles. The van der Waals surface area contributed by atoms with Crippen LogP contribution in [0.15, 0.2) is 0 Å². The molecular weight excluding hydrogens is 189 g/mol. The monoisotopic (exact) mass is 200 g/mol. The van der Waals surface area contributed by atoms with Crippen LogP contribution in [-0.2, 0) is 0 Å². The van der Waals surface area contributed by atoms with Crippen LogP contribution in [0.2, 0.25) is 0 Å². The predicted octanol–water partition coefficient (Wildman–Crippen LogP) is -0.529. The Morgan fingerprint density at radius 3 is 1.40 bits per heavy atom. The molecule has 0 aliphatic carbocycles. The third-order valence-electron chi connectivity index (χ3n) is 0. The first kappa shape index (κ1) is 9.73. The first-order chi connectivity index (χ1) is 1.73. The summed E-state index contributed by atoms with van der Waals surface area (Å²) in [7, 11) is 0. The second kappa shape index (κ2) is 5.53. The Morgan fingerprint density at radius 1 is 1.40 bits per heavy atom. The molecule has 1 N–H and O–H groups in total. The fraction of sp³-hybridized carbons (Fsp3) is 1.00. The van der Waals surface area contributed by atoms with Crippen LogP contribution in [-0.4, -0.2) is 60.1 Å². The van der Waals surface area contributed by atoms with Gasteiger partial charge in [0.1, 0.15) is 0 Å². The molecule has 1 nitrogen and oxygen atoms in total. The van der Waals surface area contributed by atoms with E-state index in [0.717, 1.165) is 0 Å². The van der Waals surface area contributed by atoms with E-state index in [9.17, 15) is 0 Å². The van der Waals surface area contributed by atoms with E-state index in [1.54, 1.807) is 13.8 Å². The summed E-state index contributed by atoms with van der Waals surface area (Å²) >= 11 is 0. The van der Waals surface area contributed by atoms with Gasteiger partial charge in [-0.1, -0.05) is 0 Å². The SMILES string of the molecule is CC(C)O.[BaH2]. The van der Waals surface area contributed by atoms with Crippen LogP contribution < -0.4 is 0 Å². The van der Waals surface area contributed by atoms with Gasteiger partial charge in [0.25, 0.3) is 0 Å². The zero-order valence-corrected chi connectivity index (χ0v) is 3.02. The fourth-order valence-corrected chi connectivity index (χ4v) is 0. The van der Waals surface area contributed by atoms with E-state index in [-0.39, 0.29) is 55.0 Å². The number of aliphatic hydroxyl groups is 1. The molecule has 0 radical (unpaired) electrons. The van der Waals surface area contributed by atoms with Crippen molar-refractivity contribution < 1.29 is 5.11 Å². The van der Waals surface area contributed by atoms with Crippen molar-refractivity contribution in [1.82, 2.24) is 0 Å². The normalized spacial score (nSPS) is 7.20. The average molecular weight is 199 g/mol. The first-order valence-electron chi connectivity index (χ1n) is 1.41. The fourth-order valence-electron chi connectivity index (χ4n) is 0. The first-order valence-corrected chi connectivity index (χ1v) is 1.41. The van der Waals surface area contributed by atoms with E-state index < -0.39 is 0 Å². The summed E-state index contributed by atoms with van der Waals surface area (Å²) in [5.74, 6) is 0. The third-order valence-corrected chi connectivity index (χ3v) is 0. The summed E-state index contributed by atoms with van der Waals surface area (Å²) in [5, 5.41) is 8.06. The van der Waals surface area contributed by atoms with Gasteiger partial charge in [-0.25, -0.2) is 0 Å². The van der Waals surface area contributed by atoms with Crippen molar-refractivity contribution in [2.45, 2.75) is 20.0 Å². The van der Waals surface area contributed by atoms with Crippen LogP contribution in [0.3, 0.4) is 0 Å². The number of hydrogen-bond donors (Lipinski definition) is 1. The third kappa shape index (κ3) is 29.4. The second-order valence-electron chi connectivity index (χ2n) is 1.09. The Morgan fingerprint density at radius 2 is 1.40 bits per heavy atom. The van der Waals surface area contributed by atoms with Crippen molar-refractivity contribution in [3.05, 3.63) is 0 Å². The Bertz CT molecular complexity index is 11.6. The van der Waals surface area contributed by atoms with Crippen LogP contribution in [0, 0.1) is 0 Å². The molecule has 0 aromatic carbocycles. The number of aliphatic hydroxyl groups excluding tert-OH is 1. The summed E-state index contributed by atoms with van der Waals surface area (Å²) in [6.07, 6.45) is -0.167. The van der Waals surface area contributed by atoms with Crippen LogP contribution in [0.1, 0.15) is 13.8 Å². The molecule has 0 unspecified atom stereocenters. The quantitative estimate of drug-likeness (QED) is 0.520. The molecule has 0 aliphatic rings. The molecule has 0 saturated heterocycles. The van der Waals surface area contributed by atoms with Gasteiger partial charge in [-0.3, -0.25) is 0 Å². The van der Waals surface area contributed by atoms with Crippen molar-refractivity contribution >= 4 is 48.9 Å². The van der Waals surface area contributed by atoms with Crippen molar-refractivity contribution in [2.75, 3.05) is 0 Å². The van der Waals surface area contributed by atoms with Crippen molar-refractivity contribution in [3.63, 3.8) is 0 Å². The Balaban J connectivity index is 0. The Labute approximate surface area is 72.8 Å². The van der Waals surface area contributed by atoms with Gasteiger partial charge in [0.2, 0.25) is 0 Å². The molecule has 0 rings (SSSR count). The maximum absolute atomic E-state index is 8.06. The van der Waals surface area contributed by atoms with Gasteiger partial charge in [0.15, 0.2) is 0 Å². The van der Waals surface area contributed by atoms with Gasteiger partial charge in [-0.2, -0.15) is 0 Å². The van der Waals surface area contributed by atoms with Gasteiger partial charge >= 0.3 is 48.9 Å². The Hall–Kier alpha value is 1.53. The molecule has 0 heterocycles. The zero-order valence-electron chi connectivity index (χ0n) is 3.02. The van der Waals surface area contributed by atoms with E-state index in [0.29, 0.717) is 0 Å². The molecule has 0 aliphatic heterocycles. The van der Waals surface area contributed by atoms with E-state index in [1.807, 2.05) is 0 Å². The van der Waals surface area contributed by atoms with Crippen LogP contribution >= 0.6 is 0 Å². The summed E-state index contributed by atoms with van der Waals surface area (Å²) in [4.78, 5) is 0. The van der Waals surface area contributed by atoms with E-state index in [1.165, 1.54) is 0 Å². The van der Waals surface area contributed by atoms with Crippen LogP contribution in [0.25, 0.3) is 0 Å². The summed E-state index contributed by atoms with van der Waals surface area (Å²) in [5.41, 5.74) is 0. The van der Waals surface area contributed by atoms with Crippen molar-refractivity contribution in [1.29, 1.82) is 0 Å². The van der Waals surface area contributed by atoms with Gasteiger partial charge in [-0.05, 0) is 13.8 Å². The second-order valence-corrected chi connectivity index (χ2v) is 1.09. The van der Waals surface area contributed by atoms with Crippen LogP contribution in [0.4, 0.5) is 0 Å². The van der Waals surface area contributed by atoms with E-state index in [2.05, 4.69) is 0 Å². The molecule has 0 spiro atoms. The Kier molecular flexibility index (Phi) is 10.8. The van der Waals surface area contributed by atoms with Gasteiger partial charge in [-0.15, -0.1) is 0 Å². The number of rotatable bonds is 0. The van der Waals surface area contributed by atoms with E-state index in [4.69, 9.17) is 5.11 Å². The molecule has 2 heteroatoms. The van der Waals surface area contributed by atoms with Crippen molar-refractivity contribution in [2.24, 2.45) is 0 Å². The minimum absolute atomic E-state index is 0. The average Bonchev–Trinajstić information content (AvgIpc) is 0.811. The molecular formula is C3H10BaO. The van der Waals surface area contributed by atoms with E-state index >= 15 is 0 Å². The topological polar surface area (TPSA) is 20.2 Å². The van der Waals surface area contributed by atoms with Crippen molar-refractivity contribution in [3.8, 4) is 0 Å². The minimum atomic E-state index is -0.167. The van der Waals surface area contributed by atoms with Gasteiger partial charge in [0, 0.05) is 6.10 Å². The standard InChI is InChI=1S/C3H8O.Ba.2H/c1-3(2)4;;;/h3-4H,1-2H3;;;. The summed E-state index contributed by atoms with van der Waals surface area (Å²) < 4.78 is 0. The maximum atomic E-state index is 8.06. The molecule has 0 bridgehead atoms. The molecule has 0 saturated carbocycles. The molecule has 30 valence electrons. The van der Waals surface area contributed by atoms with Gasteiger partial charge < -0.3 is 5.11 Å². The van der Waals surface area contributed by atoms with Gasteiger partial charge in [0.05, 0.1) is 0 Å². The molecule has 0 amide bonds. The predicted molar refractivity (Wildman–Crippen MR) is 25.9 cm³/mol. The summed E-state index contributed by atoms with van der Waals surface area (Å²) in [6, 6.07) is 0. The molecule has 0 fully saturated rings. The summed E-state index contributed by atoms with van der Waals surface area (Å²) in [6.45, 7) is 3.44. The van der Waals surface area contributed by atoms with Crippen LogP contribution in [0.5, 0.6) is 0 Å². The molecule has 0 aromatic rings. The zero-order chi connectivity index (χ0) is 3.58. The molecule has 5 heavy (non-hydrogen) atoms. The number of hydrogen-bond acceptors (Lipinski definition) is 1.